The van der Waals surface area contributed by atoms with E-state index in [0.717, 1.165) is 24.3 Å². The Morgan fingerprint density at radius 3 is 2.57 bits per heavy atom. The first-order valence-corrected chi connectivity index (χ1v) is 7.85. The molecule has 3 N–H and O–H groups in total. The second-order valence-electron chi connectivity index (χ2n) is 6.58. The van der Waals surface area contributed by atoms with E-state index in [1.807, 2.05) is 38.1 Å². The zero-order valence-electron chi connectivity index (χ0n) is 14.3. The van der Waals surface area contributed by atoms with Gasteiger partial charge in [-0.25, -0.2) is 0 Å². The average molecular weight is 433 g/mol. The van der Waals surface area contributed by atoms with Crippen molar-refractivity contribution in [3.8, 4) is 5.75 Å². The molecule has 0 amide bonds. The van der Waals surface area contributed by atoms with Crippen molar-refractivity contribution in [3.63, 3.8) is 0 Å². The molecule has 0 bridgehead atoms. The Hall–Kier alpha value is -1.02. The number of rotatable bonds is 5. The van der Waals surface area contributed by atoms with Gasteiger partial charge >= 0.3 is 0 Å². The van der Waals surface area contributed by atoms with Gasteiger partial charge in [0.15, 0.2) is 5.96 Å². The maximum Gasteiger partial charge on any atom is 0.193 e. The van der Waals surface area contributed by atoms with Gasteiger partial charge in [0.2, 0.25) is 0 Å². The lowest BCUT2D eigenvalue weighted by molar-refractivity contribution is -0.0106. The number of ether oxygens (including phenoxy) is 2. The van der Waals surface area contributed by atoms with Crippen LogP contribution in [0.15, 0.2) is 29.3 Å². The first-order valence-electron chi connectivity index (χ1n) is 7.85. The van der Waals surface area contributed by atoms with E-state index in [-0.39, 0.29) is 41.8 Å². The van der Waals surface area contributed by atoms with Crippen molar-refractivity contribution in [2.24, 2.45) is 10.7 Å². The minimum atomic E-state index is -0.0331. The monoisotopic (exact) mass is 433 g/mol. The second-order valence-corrected chi connectivity index (χ2v) is 6.58. The highest BCUT2D eigenvalue weighted by molar-refractivity contribution is 14.0. The average Bonchev–Trinajstić information content (AvgIpc) is 2.78. The van der Waals surface area contributed by atoms with Gasteiger partial charge < -0.3 is 20.5 Å². The molecule has 0 aromatic heterocycles. The van der Waals surface area contributed by atoms with Crippen molar-refractivity contribution < 1.29 is 9.47 Å². The summed E-state index contributed by atoms with van der Waals surface area (Å²) >= 11 is 0. The van der Waals surface area contributed by atoms with Gasteiger partial charge in [-0.05, 0) is 64.8 Å². The Balaban J connectivity index is 0.00000264. The first kappa shape index (κ1) is 20.0. The highest BCUT2D eigenvalue weighted by Gasteiger charge is 2.31. The van der Waals surface area contributed by atoms with Gasteiger partial charge in [0.25, 0.3) is 0 Å². The van der Waals surface area contributed by atoms with Crippen LogP contribution < -0.4 is 15.8 Å². The van der Waals surface area contributed by atoms with E-state index in [1.165, 1.54) is 0 Å². The van der Waals surface area contributed by atoms with E-state index in [1.54, 1.807) is 0 Å². The molecule has 1 aliphatic heterocycles. The van der Waals surface area contributed by atoms with Gasteiger partial charge in [-0.2, -0.15) is 0 Å². The molecular weight excluding hydrogens is 405 g/mol. The second kappa shape index (κ2) is 8.73. The number of hydrogen-bond donors (Lipinski definition) is 2. The first-order chi connectivity index (χ1) is 10.3. The van der Waals surface area contributed by atoms with E-state index >= 15 is 0 Å². The predicted molar refractivity (Wildman–Crippen MR) is 106 cm³/mol. The standard InChI is InChI=1S/C17H27N3O2.HI/c1-12(2)21-14-7-5-13(6-8-14)20-16(18)19-11-15-9-10-17(3,4)22-15;/h5-8,12,15H,9-11H2,1-4H3,(H3,18,19,20);1H. The maximum absolute atomic E-state index is 5.92. The van der Waals surface area contributed by atoms with Crippen molar-refractivity contribution >= 4 is 35.6 Å². The van der Waals surface area contributed by atoms with Crippen LogP contribution in [0, 0.1) is 0 Å². The van der Waals surface area contributed by atoms with Crippen molar-refractivity contribution in [3.05, 3.63) is 24.3 Å². The van der Waals surface area contributed by atoms with E-state index < -0.39 is 0 Å². The molecule has 1 unspecified atom stereocenters. The van der Waals surface area contributed by atoms with Crippen LogP contribution in [0.1, 0.15) is 40.5 Å². The molecule has 1 saturated heterocycles. The molecule has 0 saturated carbocycles. The maximum atomic E-state index is 5.92. The third-order valence-corrected chi connectivity index (χ3v) is 3.52. The topological polar surface area (TPSA) is 68.9 Å². The summed E-state index contributed by atoms with van der Waals surface area (Å²) in [5.74, 6) is 1.25. The summed E-state index contributed by atoms with van der Waals surface area (Å²) in [4.78, 5) is 4.36. The van der Waals surface area contributed by atoms with Gasteiger partial charge in [-0.1, -0.05) is 0 Å². The summed E-state index contributed by atoms with van der Waals surface area (Å²) in [6.07, 6.45) is 2.43. The van der Waals surface area contributed by atoms with Crippen LogP contribution in [0.4, 0.5) is 5.69 Å². The number of nitrogens with two attached hydrogens (primary N) is 1. The molecule has 2 rings (SSSR count). The lowest BCUT2D eigenvalue weighted by Gasteiger charge is -2.18. The van der Waals surface area contributed by atoms with Gasteiger partial charge in [0.1, 0.15) is 5.75 Å². The molecular formula is C17H28IN3O2. The molecule has 0 radical (unpaired) electrons. The van der Waals surface area contributed by atoms with E-state index in [4.69, 9.17) is 15.2 Å². The SMILES string of the molecule is CC(C)Oc1ccc(NC(N)=NCC2CCC(C)(C)O2)cc1.I. The predicted octanol–water partition coefficient (Wildman–Crippen LogP) is 3.78. The Labute approximate surface area is 156 Å². The highest BCUT2D eigenvalue weighted by Crippen LogP contribution is 2.29. The third kappa shape index (κ3) is 6.95. The van der Waals surface area contributed by atoms with Crippen molar-refractivity contribution in [2.75, 3.05) is 11.9 Å². The van der Waals surface area contributed by atoms with Gasteiger partial charge in [-0.3, -0.25) is 4.99 Å². The van der Waals surface area contributed by atoms with Crippen LogP contribution in [0.25, 0.3) is 0 Å². The normalized spacial score (nSPS) is 20.2. The number of guanidine groups is 1. The Kier molecular flexibility index (Phi) is 7.60. The van der Waals surface area contributed by atoms with Crippen molar-refractivity contribution in [1.82, 2.24) is 0 Å². The van der Waals surface area contributed by atoms with Crippen LogP contribution in [-0.4, -0.2) is 30.3 Å². The number of aliphatic imine (C=N–C) groups is 1. The van der Waals surface area contributed by atoms with Crippen LogP contribution in [0.5, 0.6) is 5.75 Å². The Morgan fingerprint density at radius 1 is 1.39 bits per heavy atom. The fraction of sp³-hybridized carbons (Fsp3) is 0.588. The number of hydrogen-bond acceptors (Lipinski definition) is 3. The number of nitrogens with zero attached hydrogens (tertiary/aromatic N) is 1. The smallest absolute Gasteiger partial charge is 0.193 e. The van der Waals surface area contributed by atoms with Crippen LogP contribution in [0.2, 0.25) is 0 Å². The van der Waals surface area contributed by atoms with Crippen LogP contribution >= 0.6 is 24.0 Å². The van der Waals surface area contributed by atoms with Crippen LogP contribution in [0.3, 0.4) is 0 Å². The molecule has 23 heavy (non-hydrogen) atoms. The summed E-state index contributed by atoms with van der Waals surface area (Å²) in [6.45, 7) is 8.82. The molecule has 1 aromatic rings. The van der Waals surface area contributed by atoms with Gasteiger partial charge in [0.05, 0.1) is 24.4 Å². The molecule has 130 valence electrons. The minimum absolute atomic E-state index is 0. The molecule has 1 heterocycles. The van der Waals surface area contributed by atoms with Crippen LogP contribution in [-0.2, 0) is 4.74 Å². The number of anilines is 1. The molecule has 0 aliphatic carbocycles. The van der Waals surface area contributed by atoms with E-state index in [9.17, 15) is 0 Å². The quantitative estimate of drug-likeness (QED) is 0.422. The molecule has 5 nitrogen and oxygen atoms in total. The molecule has 1 atom stereocenters. The Morgan fingerprint density at radius 2 is 2.04 bits per heavy atom. The molecule has 6 heteroatoms. The number of benzene rings is 1. The largest absolute Gasteiger partial charge is 0.491 e. The lowest BCUT2D eigenvalue weighted by atomic mass is 10.1. The zero-order valence-corrected chi connectivity index (χ0v) is 16.7. The zero-order chi connectivity index (χ0) is 16.2. The van der Waals surface area contributed by atoms with Gasteiger partial charge in [-0.15, -0.1) is 24.0 Å². The summed E-state index contributed by atoms with van der Waals surface area (Å²) < 4.78 is 11.5. The number of nitrogens with one attached hydrogen (secondary N) is 1. The summed E-state index contributed by atoms with van der Waals surface area (Å²) in [5.41, 5.74) is 6.78. The van der Waals surface area contributed by atoms with E-state index in [0.29, 0.717) is 12.5 Å². The summed E-state index contributed by atoms with van der Waals surface area (Å²) in [7, 11) is 0. The number of halogens is 1. The Bertz CT molecular complexity index is 515. The van der Waals surface area contributed by atoms with Gasteiger partial charge in [0, 0.05) is 5.69 Å². The molecule has 1 aliphatic rings. The third-order valence-electron chi connectivity index (χ3n) is 3.52. The summed E-state index contributed by atoms with van der Waals surface area (Å²) in [6, 6.07) is 7.68. The van der Waals surface area contributed by atoms with Crippen molar-refractivity contribution in [1.29, 1.82) is 0 Å². The molecule has 0 spiro atoms. The fourth-order valence-electron chi connectivity index (χ4n) is 2.48. The fourth-order valence-corrected chi connectivity index (χ4v) is 2.48. The van der Waals surface area contributed by atoms with Crippen molar-refractivity contribution in [2.45, 2.75) is 58.3 Å². The lowest BCUT2D eigenvalue weighted by Crippen LogP contribution is -2.26. The molecule has 1 fully saturated rings. The summed E-state index contributed by atoms with van der Waals surface area (Å²) in [5, 5.41) is 3.08. The van der Waals surface area contributed by atoms with E-state index in [2.05, 4.69) is 24.2 Å². The molecule has 1 aromatic carbocycles. The minimum Gasteiger partial charge on any atom is -0.491 e. The highest BCUT2D eigenvalue weighted by atomic mass is 127.